The van der Waals surface area contributed by atoms with Crippen LogP contribution in [0.15, 0.2) is 36.8 Å². The van der Waals surface area contributed by atoms with Crippen LogP contribution in [0.1, 0.15) is 18.2 Å². The van der Waals surface area contributed by atoms with Gasteiger partial charge in [-0.05, 0) is 18.2 Å². The summed E-state index contributed by atoms with van der Waals surface area (Å²) in [5, 5.41) is 17.0. The quantitative estimate of drug-likeness (QED) is 0.252. The van der Waals surface area contributed by atoms with E-state index in [4.69, 9.17) is 34.2 Å². The third kappa shape index (κ3) is 7.11. The van der Waals surface area contributed by atoms with Crippen molar-refractivity contribution in [1.29, 1.82) is 5.26 Å². The minimum absolute atomic E-state index is 0.237. The molecule has 0 unspecified atom stereocenters. The molecular formula is C21H19Cl2F3N8S. The first-order chi connectivity index (χ1) is 16.6. The van der Waals surface area contributed by atoms with Crippen LogP contribution in [0.4, 0.5) is 29.9 Å². The summed E-state index contributed by atoms with van der Waals surface area (Å²) in [4.78, 5) is 13.6. The molecule has 0 fully saturated rings. The van der Waals surface area contributed by atoms with E-state index >= 15 is 0 Å². The van der Waals surface area contributed by atoms with Crippen molar-refractivity contribution >= 4 is 57.0 Å². The highest BCUT2D eigenvalue weighted by molar-refractivity contribution is 7.16. The molecule has 4 rings (SSSR count). The molecule has 3 heterocycles. The van der Waals surface area contributed by atoms with Gasteiger partial charge < -0.3 is 20.8 Å². The van der Waals surface area contributed by atoms with Gasteiger partial charge in [0.25, 0.3) is 0 Å². The van der Waals surface area contributed by atoms with E-state index in [2.05, 4.69) is 25.6 Å². The Bertz CT molecular complexity index is 1350. The molecule has 1 aromatic carbocycles. The van der Waals surface area contributed by atoms with Crippen molar-refractivity contribution in [2.24, 2.45) is 0 Å². The van der Waals surface area contributed by atoms with Crippen LogP contribution in [-0.4, -0.2) is 38.6 Å². The summed E-state index contributed by atoms with van der Waals surface area (Å²) in [6.45, 7) is 2.19. The molecule has 4 aromatic rings. The minimum Gasteiger partial charge on any atom is -0.382 e. The van der Waals surface area contributed by atoms with Gasteiger partial charge in [0.1, 0.15) is 10.9 Å². The number of hydrogen-bond acceptors (Lipinski definition) is 8. The van der Waals surface area contributed by atoms with Crippen LogP contribution in [-0.2, 0) is 0 Å². The molecule has 8 nitrogen and oxygen atoms in total. The number of benzene rings is 1. The van der Waals surface area contributed by atoms with Crippen molar-refractivity contribution in [2.75, 3.05) is 29.5 Å². The SMILES string of the molecule is CCC(F)(F)F.N#Cc1sc(NCCNc2nc(-c3ccc(Cl)cc3Cl)cn3ccnc23)nc1N. The largest absolute Gasteiger partial charge is 0.388 e. The van der Waals surface area contributed by atoms with Gasteiger partial charge in [-0.25, -0.2) is 15.0 Å². The minimum atomic E-state index is -3.96. The fourth-order valence-electron chi connectivity index (χ4n) is 2.72. The summed E-state index contributed by atoms with van der Waals surface area (Å²) in [5.74, 6) is 0.859. The zero-order chi connectivity index (χ0) is 25.6. The van der Waals surface area contributed by atoms with Crippen LogP contribution in [0.5, 0.6) is 0 Å². The first-order valence-corrected chi connectivity index (χ1v) is 11.7. The van der Waals surface area contributed by atoms with Crippen LogP contribution in [0.25, 0.3) is 16.9 Å². The Morgan fingerprint density at radius 1 is 1.20 bits per heavy atom. The molecular weight excluding hydrogens is 524 g/mol. The number of nitrogens with two attached hydrogens (primary N) is 1. The number of alkyl halides is 3. The number of nitrogens with one attached hydrogen (secondary N) is 2. The highest BCUT2D eigenvalue weighted by Gasteiger charge is 2.22. The fourth-order valence-corrected chi connectivity index (χ4v) is 3.93. The topological polar surface area (TPSA) is 117 Å². The summed E-state index contributed by atoms with van der Waals surface area (Å²) in [6.07, 6.45) is 0.723. The van der Waals surface area contributed by atoms with Crippen LogP contribution < -0.4 is 16.4 Å². The van der Waals surface area contributed by atoms with Crippen molar-refractivity contribution in [3.05, 3.63) is 51.7 Å². The normalized spacial score (nSPS) is 11.0. The first-order valence-electron chi connectivity index (χ1n) is 10.1. The van der Waals surface area contributed by atoms with E-state index < -0.39 is 12.6 Å². The highest BCUT2D eigenvalue weighted by Crippen LogP contribution is 2.30. The highest BCUT2D eigenvalue weighted by atomic mass is 35.5. The lowest BCUT2D eigenvalue weighted by Gasteiger charge is -2.11. The molecule has 0 aliphatic carbocycles. The van der Waals surface area contributed by atoms with E-state index in [1.54, 1.807) is 18.3 Å². The number of hydrogen-bond donors (Lipinski definition) is 3. The predicted octanol–water partition coefficient (Wildman–Crippen LogP) is 6.10. The van der Waals surface area contributed by atoms with Gasteiger partial charge in [-0.15, -0.1) is 0 Å². The number of fused-ring (bicyclic) bond motifs is 1. The zero-order valence-electron chi connectivity index (χ0n) is 18.2. The lowest BCUT2D eigenvalue weighted by Crippen LogP contribution is -2.15. The third-order valence-electron chi connectivity index (χ3n) is 4.43. The van der Waals surface area contributed by atoms with Gasteiger partial charge in [-0.2, -0.15) is 18.4 Å². The lowest BCUT2D eigenvalue weighted by atomic mass is 10.1. The van der Waals surface area contributed by atoms with E-state index in [0.717, 1.165) is 12.5 Å². The van der Waals surface area contributed by atoms with Gasteiger partial charge in [0.15, 0.2) is 22.4 Å². The van der Waals surface area contributed by atoms with Gasteiger partial charge in [0, 0.05) is 48.7 Å². The van der Waals surface area contributed by atoms with Gasteiger partial charge >= 0.3 is 6.18 Å². The molecule has 0 saturated heterocycles. The third-order valence-corrected chi connectivity index (χ3v) is 5.91. The van der Waals surface area contributed by atoms with E-state index in [-0.39, 0.29) is 5.82 Å². The summed E-state index contributed by atoms with van der Waals surface area (Å²) in [6, 6.07) is 7.31. The van der Waals surface area contributed by atoms with Gasteiger partial charge in [-0.3, -0.25) is 0 Å². The molecule has 4 N–H and O–H groups in total. The van der Waals surface area contributed by atoms with Crippen molar-refractivity contribution in [3.8, 4) is 17.3 Å². The lowest BCUT2D eigenvalue weighted by molar-refractivity contribution is -0.130. The van der Waals surface area contributed by atoms with Crippen LogP contribution in [0.3, 0.4) is 0 Å². The standard InChI is InChI=1S/C18H14Cl2N8S.C3H5F3/c19-10-1-2-11(12(20)7-10)13-9-28-6-5-24-17(28)16(26-13)23-3-4-25-18-27-15(22)14(8-21)29-18;1-2-3(4,5)6/h1-2,5-7,9H,3-4,22H2,(H,23,26)(H,25,27);2H2,1H3. The molecule has 14 heteroatoms. The Morgan fingerprint density at radius 2 is 1.91 bits per heavy atom. The van der Waals surface area contributed by atoms with E-state index in [1.807, 2.05) is 28.9 Å². The van der Waals surface area contributed by atoms with Gasteiger partial charge in [0.05, 0.1) is 10.7 Å². The maximum atomic E-state index is 10.8. The molecule has 184 valence electrons. The average Bonchev–Trinajstić information content (AvgIpc) is 3.42. The number of anilines is 3. The number of aromatic nitrogens is 4. The van der Waals surface area contributed by atoms with Crippen LogP contribution >= 0.6 is 34.5 Å². The first kappa shape index (κ1) is 26.3. The molecule has 0 aliphatic heterocycles. The summed E-state index contributed by atoms with van der Waals surface area (Å²) in [5.41, 5.74) is 7.84. The summed E-state index contributed by atoms with van der Waals surface area (Å²) >= 11 is 13.6. The fraction of sp³-hybridized carbons (Fsp3) is 0.238. The maximum Gasteiger partial charge on any atom is 0.388 e. The second-order valence-corrected chi connectivity index (χ2v) is 8.77. The average molecular weight is 543 g/mol. The number of rotatable bonds is 6. The Kier molecular flexibility index (Phi) is 8.61. The zero-order valence-corrected chi connectivity index (χ0v) is 20.5. The molecule has 35 heavy (non-hydrogen) atoms. The van der Waals surface area contributed by atoms with Crippen molar-refractivity contribution in [1.82, 2.24) is 19.4 Å². The van der Waals surface area contributed by atoms with Crippen LogP contribution in [0.2, 0.25) is 10.0 Å². The number of thiazole rings is 1. The number of nitrogen functional groups attached to an aromatic ring is 1. The van der Waals surface area contributed by atoms with Crippen molar-refractivity contribution in [3.63, 3.8) is 0 Å². The molecule has 0 bridgehead atoms. The number of nitrogens with zero attached hydrogens (tertiary/aromatic N) is 5. The summed E-state index contributed by atoms with van der Waals surface area (Å²) in [7, 11) is 0. The van der Waals surface area contributed by atoms with Crippen molar-refractivity contribution < 1.29 is 13.2 Å². The number of imidazole rings is 1. The Balaban J connectivity index is 0.000000509. The molecule has 0 saturated carbocycles. The molecule has 0 amide bonds. The van der Waals surface area contributed by atoms with E-state index in [0.29, 0.717) is 50.3 Å². The predicted molar refractivity (Wildman–Crippen MR) is 133 cm³/mol. The Hall–Kier alpha value is -3.27. The maximum absolute atomic E-state index is 10.8. The Labute approximate surface area is 212 Å². The van der Waals surface area contributed by atoms with Gasteiger partial charge in [0.2, 0.25) is 0 Å². The van der Waals surface area contributed by atoms with Crippen LogP contribution in [0, 0.1) is 11.3 Å². The molecule has 0 spiro atoms. The smallest absolute Gasteiger partial charge is 0.382 e. The van der Waals surface area contributed by atoms with Crippen molar-refractivity contribution in [2.45, 2.75) is 19.5 Å². The number of nitriles is 1. The second-order valence-electron chi connectivity index (χ2n) is 6.92. The molecule has 3 aromatic heterocycles. The molecule has 0 radical (unpaired) electrons. The number of halogens is 5. The Morgan fingerprint density at radius 3 is 2.54 bits per heavy atom. The molecule has 0 aliphatic rings. The van der Waals surface area contributed by atoms with Gasteiger partial charge in [-0.1, -0.05) is 41.5 Å². The van der Waals surface area contributed by atoms with E-state index in [1.165, 1.54) is 11.3 Å². The molecule has 0 atom stereocenters. The van der Waals surface area contributed by atoms with E-state index in [9.17, 15) is 13.2 Å². The second kappa shape index (κ2) is 11.4. The summed E-state index contributed by atoms with van der Waals surface area (Å²) < 4.78 is 34.2. The monoisotopic (exact) mass is 542 g/mol.